The molecule has 1 aliphatic heterocycles. The Morgan fingerprint density at radius 3 is 2.38 bits per heavy atom. The van der Waals surface area contributed by atoms with E-state index in [2.05, 4.69) is 52.6 Å². The van der Waals surface area contributed by atoms with E-state index >= 15 is 0 Å². The van der Waals surface area contributed by atoms with Gasteiger partial charge in [-0.25, -0.2) is 0 Å². The van der Waals surface area contributed by atoms with E-state index < -0.39 is 0 Å². The predicted molar refractivity (Wildman–Crippen MR) is 106 cm³/mol. The molecule has 2 rings (SSSR count). The van der Waals surface area contributed by atoms with E-state index in [1.54, 1.807) is 0 Å². The Balaban J connectivity index is 0.000000314. The molecular formula is C22H33NO3. The molecule has 0 saturated carbocycles. The van der Waals surface area contributed by atoms with Crippen molar-refractivity contribution in [3.63, 3.8) is 0 Å². The molecule has 1 fully saturated rings. The summed E-state index contributed by atoms with van der Waals surface area (Å²) in [6.07, 6.45) is 2.64. The third-order valence-electron chi connectivity index (χ3n) is 4.79. The van der Waals surface area contributed by atoms with Crippen LogP contribution in [0, 0.1) is 5.92 Å². The Morgan fingerprint density at radius 2 is 1.92 bits per heavy atom. The molecule has 2 unspecified atom stereocenters. The highest BCUT2D eigenvalue weighted by atomic mass is 16.5. The van der Waals surface area contributed by atoms with Gasteiger partial charge < -0.3 is 10.1 Å². The van der Waals surface area contributed by atoms with Gasteiger partial charge in [-0.1, -0.05) is 59.4 Å². The van der Waals surface area contributed by atoms with E-state index in [4.69, 9.17) is 4.74 Å². The van der Waals surface area contributed by atoms with E-state index in [0.29, 0.717) is 24.2 Å². The number of rotatable bonds is 4. The lowest BCUT2D eigenvalue weighted by atomic mass is 9.92. The van der Waals surface area contributed by atoms with E-state index in [1.807, 2.05) is 12.1 Å². The second kappa shape index (κ2) is 10.1. The van der Waals surface area contributed by atoms with Crippen molar-refractivity contribution in [2.45, 2.75) is 72.6 Å². The number of nitrogens with one attached hydrogen (secondary N) is 1. The first-order chi connectivity index (χ1) is 12.2. The molecule has 2 atom stereocenters. The van der Waals surface area contributed by atoms with Gasteiger partial charge in [0.2, 0.25) is 5.91 Å². The maximum Gasteiger partial charge on any atom is 0.308 e. The summed E-state index contributed by atoms with van der Waals surface area (Å²) in [5.41, 5.74) is 3.11. The van der Waals surface area contributed by atoms with Crippen molar-refractivity contribution in [1.29, 1.82) is 0 Å². The number of amides is 1. The topological polar surface area (TPSA) is 55.4 Å². The van der Waals surface area contributed by atoms with Crippen LogP contribution < -0.4 is 10.1 Å². The van der Waals surface area contributed by atoms with Crippen molar-refractivity contribution in [1.82, 2.24) is 5.32 Å². The molecule has 0 aliphatic carbocycles. The third kappa shape index (κ3) is 6.32. The number of benzene rings is 1. The summed E-state index contributed by atoms with van der Waals surface area (Å²) in [6, 6.07) is 6.14. The van der Waals surface area contributed by atoms with Gasteiger partial charge in [0.15, 0.2) is 0 Å². The zero-order valence-electron chi connectivity index (χ0n) is 17.0. The third-order valence-corrected chi connectivity index (χ3v) is 4.79. The standard InChI is InChI=1S/C15H22O2.C7H11NO/c1-6-11(4)14-9-7-8-13(10(2)3)15(14)17-12(5)16;1-5-3-4-7(9)8-6(5)2/h7-11H,6H2,1-5H3;5H,2-4H2,1H3,(H,8,9). The number of carbonyl (C=O) groups is 2. The Morgan fingerprint density at radius 1 is 1.31 bits per heavy atom. The summed E-state index contributed by atoms with van der Waals surface area (Å²) in [5, 5.41) is 2.70. The number of hydrogen-bond donors (Lipinski definition) is 1. The van der Waals surface area contributed by atoms with E-state index in [0.717, 1.165) is 35.4 Å². The molecule has 4 nitrogen and oxygen atoms in total. The smallest absolute Gasteiger partial charge is 0.308 e. The number of piperidine rings is 1. The second-order valence-corrected chi connectivity index (χ2v) is 7.34. The van der Waals surface area contributed by atoms with Crippen LogP contribution in [0.4, 0.5) is 0 Å². The molecule has 0 aromatic heterocycles. The average molecular weight is 360 g/mol. The molecule has 0 radical (unpaired) electrons. The first kappa shape index (κ1) is 21.9. The molecule has 1 amide bonds. The minimum absolute atomic E-state index is 0.109. The van der Waals surface area contributed by atoms with E-state index in [9.17, 15) is 9.59 Å². The second-order valence-electron chi connectivity index (χ2n) is 7.34. The van der Waals surface area contributed by atoms with Crippen molar-refractivity contribution in [3.8, 4) is 5.75 Å². The van der Waals surface area contributed by atoms with Gasteiger partial charge in [-0.3, -0.25) is 9.59 Å². The predicted octanol–water partition coefficient (Wildman–Crippen LogP) is 5.30. The van der Waals surface area contributed by atoms with Gasteiger partial charge in [0.25, 0.3) is 0 Å². The average Bonchev–Trinajstić information content (AvgIpc) is 2.58. The normalized spacial score (nSPS) is 17.9. The SMILES string of the molecule is C=C1NC(=O)CCC1C.CCC(C)c1cccc(C(C)C)c1OC(C)=O. The van der Waals surface area contributed by atoms with Crippen molar-refractivity contribution in [3.05, 3.63) is 41.6 Å². The van der Waals surface area contributed by atoms with E-state index in [-0.39, 0.29) is 11.9 Å². The summed E-state index contributed by atoms with van der Waals surface area (Å²) in [5.74, 6) is 1.85. The number of para-hydroxylation sites is 1. The molecule has 1 aliphatic rings. The highest BCUT2D eigenvalue weighted by molar-refractivity contribution is 5.78. The van der Waals surface area contributed by atoms with Crippen molar-refractivity contribution < 1.29 is 14.3 Å². The summed E-state index contributed by atoms with van der Waals surface area (Å²) in [7, 11) is 0. The fraction of sp³-hybridized carbons (Fsp3) is 0.545. The van der Waals surface area contributed by atoms with Gasteiger partial charge in [-0.05, 0) is 41.7 Å². The molecule has 4 heteroatoms. The van der Waals surface area contributed by atoms with Gasteiger partial charge in [0, 0.05) is 19.0 Å². The number of ether oxygens (including phenoxy) is 1. The Labute approximate surface area is 158 Å². The van der Waals surface area contributed by atoms with Crippen LogP contribution in [0.15, 0.2) is 30.5 Å². The Bertz CT molecular complexity index is 649. The summed E-state index contributed by atoms with van der Waals surface area (Å²) < 4.78 is 5.42. The highest BCUT2D eigenvalue weighted by Gasteiger charge is 2.18. The van der Waals surface area contributed by atoms with Crippen LogP contribution in [0.25, 0.3) is 0 Å². The van der Waals surface area contributed by atoms with Crippen molar-refractivity contribution in [2.75, 3.05) is 0 Å². The molecule has 0 bridgehead atoms. The molecular weight excluding hydrogens is 326 g/mol. The molecule has 0 spiro atoms. The lowest BCUT2D eigenvalue weighted by molar-refractivity contribution is -0.132. The van der Waals surface area contributed by atoms with Crippen LogP contribution in [-0.2, 0) is 9.59 Å². The highest BCUT2D eigenvalue weighted by Crippen LogP contribution is 2.35. The lowest BCUT2D eigenvalue weighted by Crippen LogP contribution is -2.30. The molecule has 144 valence electrons. The van der Waals surface area contributed by atoms with Gasteiger partial charge in [-0.2, -0.15) is 0 Å². The zero-order chi connectivity index (χ0) is 19.9. The Kier molecular flexibility index (Phi) is 8.56. The summed E-state index contributed by atoms with van der Waals surface area (Å²) in [6.45, 7) is 15.8. The van der Waals surface area contributed by atoms with E-state index in [1.165, 1.54) is 6.92 Å². The number of carbonyl (C=O) groups excluding carboxylic acids is 2. The number of allylic oxidation sites excluding steroid dienone is 1. The van der Waals surface area contributed by atoms with Crippen LogP contribution in [0.2, 0.25) is 0 Å². The maximum atomic E-state index is 11.2. The van der Waals surface area contributed by atoms with Crippen LogP contribution in [0.5, 0.6) is 5.75 Å². The summed E-state index contributed by atoms with van der Waals surface area (Å²) >= 11 is 0. The molecule has 26 heavy (non-hydrogen) atoms. The van der Waals surface area contributed by atoms with Gasteiger partial charge >= 0.3 is 5.97 Å². The minimum atomic E-state index is -0.248. The first-order valence-electron chi connectivity index (χ1n) is 9.47. The number of hydrogen-bond acceptors (Lipinski definition) is 3. The van der Waals surface area contributed by atoms with Gasteiger partial charge in [-0.15, -0.1) is 0 Å². The molecule has 1 aromatic rings. The van der Waals surface area contributed by atoms with Crippen molar-refractivity contribution >= 4 is 11.9 Å². The summed E-state index contributed by atoms with van der Waals surface area (Å²) in [4.78, 5) is 21.9. The van der Waals surface area contributed by atoms with Crippen LogP contribution >= 0.6 is 0 Å². The first-order valence-corrected chi connectivity index (χ1v) is 9.47. The van der Waals surface area contributed by atoms with Crippen LogP contribution in [0.3, 0.4) is 0 Å². The number of esters is 1. The quantitative estimate of drug-likeness (QED) is 0.586. The minimum Gasteiger partial charge on any atom is -0.426 e. The Hall–Kier alpha value is -2.10. The molecule has 1 aromatic carbocycles. The molecule has 1 N–H and O–H groups in total. The monoisotopic (exact) mass is 359 g/mol. The zero-order valence-corrected chi connectivity index (χ0v) is 17.0. The molecule has 1 saturated heterocycles. The largest absolute Gasteiger partial charge is 0.426 e. The lowest BCUT2D eigenvalue weighted by Gasteiger charge is -2.20. The van der Waals surface area contributed by atoms with Crippen LogP contribution in [-0.4, -0.2) is 11.9 Å². The van der Waals surface area contributed by atoms with Gasteiger partial charge in [0.05, 0.1) is 0 Å². The van der Waals surface area contributed by atoms with Gasteiger partial charge in [0.1, 0.15) is 5.75 Å². The van der Waals surface area contributed by atoms with Crippen molar-refractivity contribution in [2.24, 2.45) is 5.92 Å². The molecule has 1 heterocycles. The van der Waals surface area contributed by atoms with Crippen LogP contribution in [0.1, 0.15) is 83.8 Å². The maximum absolute atomic E-state index is 11.2. The fourth-order valence-electron chi connectivity index (χ4n) is 2.78. The fourth-order valence-corrected chi connectivity index (χ4v) is 2.78.